The molecule has 20 heavy (non-hydrogen) atoms. The van der Waals surface area contributed by atoms with Crippen LogP contribution in [0.15, 0.2) is 11.0 Å². The third kappa shape index (κ3) is 2.77. The number of aromatic nitrogens is 2. The fourth-order valence-electron chi connectivity index (χ4n) is 2.94. The monoisotopic (exact) mass is 428 g/mol. The van der Waals surface area contributed by atoms with Gasteiger partial charge in [-0.05, 0) is 46.4 Å². The number of nitrogens with zero attached hydrogens (tertiary/aromatic N) is 2. The van der Waals surface area contributed by atoms with Gasteiger partial charge in [0.1, 0.15) is 5.02 Å². The predicted molar refractivity (Wildman–Crippen MR) is 87.1 cm³/mol. The second-order valence-corrected chi connectivity index (χ2v) is 7.52. The fraction of sp³-hybridized carbons (Fsp3) is 0.667. The van der Waals surface area contributed by atoms with Gasteiger partial charge in [0.2, 0.25) is 0 Å². The quantitative estimate of drug-likeness (QED) is 0.537. The highest BCUT2D eigenvalue weighted by Gasteiger charge is 2.41. The lowest BCUT2D eigenvalue weighted by Gasteiger charge is -2.35. The lowest BCUT2D eigenvalue weighted by atomic mass is 9.81. The molecule has 1 atom stereocenters. The number of ether oxygens (including phenoxy) is 2. The van der Waals surface area contributed by atoms with E-state index in [1.54, 1.807) is 6.20 Å². The van der Waals surface area contributed by atoms with Crippen molar-refractivity contribution in [1.82, 2.24) is 9.55 Å². The first kappa shape index (κ1) is 15.2. The second-order valence-electron chi connectivity index (χ2n) is 5.10. The molecule has 2 fully saturated rings. The molecule has 1 saturated carbocycles. The van der Waals surface area contributed by atoms with Crippen LogP contribution in [-0.4, -0.2) is 28.6 Å². The van der Waals surface area contributed by atoms with Crippen LogP contribution in [0.3, 0.4) is 0 Å². The van der Waals surface area contributed by atoms with Gasteiger partial charge >= 0.3 is 0 Å². The zero-order chi connectivity index (χ0) is 14.2. The SMILES string of the molecule is O=c1c(Cl)c(C2CCC3(CC2)OCCO3)cnn1PI. The van der Waals surface area contributed by atoms with Crippen molar-refractivity contribution in [2.75, 3.05) is 13.2 Å². The molecule has 0 N–H and O–H groups in total. The van der Waals surface area contributed by atoms with Crippen LogP contribution >= 0.6 is 40.0 Å². The molecule has 1 unspecified atom stereocenters. The molecule has 5 nitrogen and oxygen atoms in total. The van der Waals surface area contributed by atoms with E-state index in [0.717, 1.165) is 31.2 Å². The van der Waals surface area contributed by atoms with Crippen LogP contribution in [0.1, 0.15) is 37.2 Å². The van der Waals surface area contributed by atoms with Gasteiger partial charge in [-0.15, -0.1) is 0 Å². The Bertz CT molecular complexity index is 552. The minimum absolute atomic E-state index is 0.189. The Morgan fingerprint density at radius 2 is 2.05 bits per heavy atom. The van der Waals surface area contributed by atoms with Crippen molar-refractivity contribution >= 4 is 40.0 Å². The first-order chi connectivity index (χ1) is 9.65. The van der Waals surface area contributed by atoms with Gasteiger partial charge in [0.05, 0.1) is 25.8 Å². The second kappa shape index (κ2) is 6.16. The van der Waals surface area contributed by atoms with Crippen molar-refractivity contribution in [2.45, 2.75) is 37.4 Å². The maximum atomic E-state index is 12.0. The summed E-state index contributed by atoms with van der Waals surface area (Å²) >= 11 is 8.35. The van der Waals surface area contributed by atoms with E-state index in [2.05, 4.69) is 27.1 Å². The van der Waals surface area contributed by atoms with Crippen LogP contribution < -0.4 is 5.56 Å². The molecule has 1 aliphatic heterocycles. The highest BCUT2D eigenvalue weighted by molar-refractivity contribution is 14.2. The molecule has 1 aliphatic carbocycles. The lowest BCUT2D eigenvalue weighted by Crippen LogP contribution is -2.35. The van der Waals surface area contributed by atoms with E-state index in [9.17, 15) is 4.79 Å². The molecule has 110 valence electrons. The van der Waals surface area contributed by atoms with Gasteiger partial charge in [-0.2, -0.15) is 5.10 Å². The van der Waals surface area contributed by atoms with Crippen molar-refractivity contribution in [1.29, 1.82) is 0 Å². The van der Waals surface area contributed by atoms with Crippen LogP contribution in [0.25, 0.3) is 0 Å². The average Bonchev–Trinajstić information content (AvgIpc) is 2.92. The number of rotatable bonds is 2. The first-order valence-electron chi connectivity index (χ1n) is 6.57. The summed E-state index contributed by atoms with van der Waals surface area (Å²) in [5.41, 5.74) is 0.681. The van der Waals surface area contributed by atoms with Crippen LogP contribution in [0, 0.1) is 0 Å². The summed E-state index contributed by atoms with van der Waals surface area (Å²) in [5, 5.41) is 4.50. The van der Waals surface area contributed by atoms with Crippen molar-refractivity contribution in [3.8, 4) is 0 Å². The molecule has 2 heterocycles. The Morgan fingerprint density at radius 3 is 2.65 bits per heavy atom. The van der Waals surface area contributed by atoms with Crippen molar-refractivity contribution < 1.29 is 9.47 Å². The van der Waals surface area contributed by atoms with E-state index in [1.165, 1.54) is 4.45 Å². The smallest absolute Gasteiger partial charge is 0.289 e. The number of halogens is 2. The van der Waals surface area contributed by atoms with Crippen LogP contribution in [-0.2, 0) is 9.47 Å². The maximum Gasteiger partial charge on any atom is 0.289 e. The molecular formula is C12H15ClIN2O3P. The Hall–Kier alpha value is 0.250. The van der Waals surface area contributed by atoms with Gasteiger partial charge in [-0.25, -0.2) is 4.45 Å². The van der Waals surface area contributed by atoms with E-state index < -0.39 is 0 Å². The molecule has 1 saturated heterocycles. The van der Waals surface area contributed by atoms with Crippen LogP contribution in [0.5, 0.6) is 0 Å². The highest BCUT2D eigenvalue weighted by Crippen LogP contribution is 2.43. The average molecular weight is 429 g/mol. The summed E-state index contributed by atoms with van der Waals surface area (Å²) in [6.07, 6.45) is 5.55. The Kier molecular flexibility index (Phi) is 4.67. The molecule has 0 radical (unpaired) electrons. The minimum atomic E-state index is -0.380. The molecule has 1 aromatic heterocycles. The molecule has 0 bridgehead atoms. The summed E-state index contributed by atoms with van der Waals surface area (Å²) in [7, 11) is 0. The van der Waals surface area contributed by atoms with Gasteiger partial charge in [-0.1, -0.05) is 11.6 Å². The molecule has 1 spiro atoms. The molecule has 3 rings (SSSR count). The van der Waals surface area contributed by atoms with Crippen LogP contribution in [0.4, 0.5) is 0 Å². The maximum absolute atomic E-state index is 12.0. The third-order valence-electron chi connectivity index (χ3n) is 4.03. The van der Waals surface area contributed by atoms with E-state index in [0.29, 0.717) is 18.2 Å². The fourth-order valence-corrected chi connectivity index (χ4v) is 4.62. The Labute approximate surface area is 136 Å². The van der Waals surface area contributed by atoms with E-state index in [-0.39, 0.29) is 23.6 Å². The normalized spacial score (nSPS) is 23.1. The molecule has 8 heteroatoms. The highest BCUT2D eigenvalue weighted by atomic mass is 127. The van der Waals surface area contributed by atoms with E-state index in [1.807, 2.05) is 0 Å². The standard InChI is InChI=1S/C12H15ClIN2O3P/c13-10-9(7-15-16(20-14)11(10)17)8-1-3-12(4-2-8)18-5-6-19-12/h7-8,20H,1-6H2. The minimum Gasteiger partial charge on any atom is -0.348 e. The van der Waals surface area contributed by atoms with Crippen LogP contribution in [0.2, 0.25) is 5.02 Å². The molecular weight excluding hydrogens is 413 g/mol. The van der Waals surface area contributed by atoms with E-state index in [4.69, 9.17) is 21.1 Å². The van der Waals surface area contributed by atoms with Gasteiger partial charge in [0.25, 0.3) is 5.56 Å². The largest absolute Gasteiger partial charge is 0.348 e. The zero-order valence-electron chi connectivity index (χ0n) is 10.8. The third-order valence-corrected chi connectivity index (χ3v) is 6.26. The molecule has 0 aromatic carbocycles. The van der Waals surface area contributed by atoms with Gasteiger partial charge in [0, 0.05) is 12.8 Å². The number of hydrogen-bond donors (Lipinski definition) is 0. The summed E-state index contributed by atoms with van der Waals surface area (Å²) in [6, 6.07) is 0. The molecule has 0 amide bonds. The molecule has 1 aromatic rings. The van der Waals surface area contributed by atoms with Crippen molar-refractivity contribution in [2.24, 2.45) is 0 Å². The van der Waals surface area contributed by atoms with Gasteiger partial charge < -0.3 is 9.47 Å². The van der Waals surface area contributed by atoms with E-state index >= 15 is 0 Å². The molecule has 2 aliphatic rings. The summed E-state index contributed by atoms with van der Waals surface area (Å²) in [4.78, 5) is 12.0. The van der Waals surface area contributed by atoms with Crippen molar-refractivity contribution in [3.63, 3.8) is 0 Å². The first-order valence-corrected chi connectivity index (χ1v) is 11.0. The van der Waals surface area contributed by atoms with Gasteiger partial charge in [-0.3, -0.25) is 4.79 Å². The zero-order valence-corrected chi connectivity index (χ0v) is 14.7. The predicted octanol–water partition coefficient (Wildman–Crippen LogP) is 3.09. The van der Waals surface area contributed by atoms with Gasteiger partial charge in [0.15, 0.2) is 5.79 Å². The topological polar surface area (TPSA) is 53.4 Å². The summed E-state index contributed by atoms with van der Waals surface area (Å²) < 4.78 is 12.8. The summed E-state index contributed by atoms with van der Waals surface area (Å²) in [5.74, 6) is -0.108. The number of hydrogen-bond acceptors (Lipinski definition) is 4. The Morgan fingerprint density at radius 1 is 1.40 bits per heavy atom. The summed E-state index contributed by atoms with van der Waals surface area (Å²) in [6.45, 7) is 1.36. The van der Waals surface area contributed by atoms with Crippen molar-refractivity contribution in [3.05, 3.63) is 27.1 Å². The lowest BCUT2D eigenvalue weighted by molar-refractivity contribution is -0.178. The Balaban J connectivity index is 1.78.